The third-order valence-electron chi connectivity index (χ3n) is 4.28. The number of nitro groups is 1. The smallest absolute Gasteiger partial charge is 0.289 e. The summed E-state index contributed by atoms with van der Waals surface area (Å²) in [5.74, 6) is 2.13. The molecule has 28 heavy (non-hydrogen) atoms. The van der Waals surface area contributed by atoms with E-state index in [-0.39, 0.29) is 17.0 Å². The summed E-state index contributed by atoms with van der Waals surface area (Å²) < 4.78 is 5.39. The second-order valence-electron chi connectivity index (χ2n) is 6.30. The predicted octanol–water partition coefficient (Wildman–Crippen LogP) is 2.35. The van der Waals surface area contributed by atoms with Gasteiger partial charge in [-0.05, 0) is 6.92 Å². The zero-order valence-corrected chi connectivity index (χ0v) is 18.2. The Morgan fingerprint density at radius 1 is 1.50 bits per heavy atom. The fourth-order valence-electron chi connectivity index (χ4n) is 2.80. The zero-order chi connectivity index (χ0) is 20.4. The quantitative estimate of drug-likeness (QED) is 0.227. The van der Waals surface area contributed by atoms with Gasteiger partial charge in [0.2, 0.25) is 0 Å². The summed E-state index contributed by atoms with van der Waals surface area (Å²) in [7, 11) is 1.68. The first-order chi connectivity index (χ1) is 13.5. The lowest BCUT2D eigenvalue weighted by Gasteiger charge is -2.25. The van der Waals surface area contributed by atoms with Crippen LogP contribution in [0.25, 0.3) is 0 Å². The predicted molar refractivity (Wildman–Crippen MR) is 115 cm³/mol. The van der Waals surface area contributed by atoms with Crippen LogP contribution < -0.4 is 10.6 Å². The normalized spacial score (nSPS) is 15.8. The van der Waals surface area contributed by atoms with Gasteiger partial charge in [-0.3, -0.25) is 15.0 Å². The van der Waals surface area contributed by atoms with E-state index < -0.39 is 0 Å². The number of aromatic nitrogens is 1. The molecule has 0 aromatic carbocycles. The molecule has 0 unspecified atom stereocenters. The van der Waals surface area contributed by atoms with Crippen molar-refractivity contribution in [3.05, 3.63) is 49.9 Å². The number of ether oxygens (including phenoxy) is 1. The molecule has 0 radical (unpaired) electrons. The summed E-state index contributed by atoms with van der Waals surface area (Å²) in [5.41, 5.74) is 1.24. The Hall–Kier alpha value is -1.62. The summed E-state index contributed by atoms with van der Waals surface area (Å²) >= 11 is 3.54. The number of allylic oxidation sites excluding steroid dienone is 1. The number of rotatable bonds is 12. The van der Waals surface area contributed by atoms with Crippen molar-refractivity contribution >= 4 is 23.1 Å². The first-order valence-corrected chi connectivity index (χ1v) is 11.2. The minimum Gasteiger partial charge on any atom is -0.379 e. The molecule has 0 spiro atoms. The number of aryl methyl sites for hydroxylation is 1. The summed E-state index contributed by atoms with van der Waals surface area (Å²) in [5, 5.41) is 18.3. The number of thioether (sulfide) groups is 1. The van der Waals surface area contributed by atoms with Crippen molar-refractivity contribution in [2.24, 2.45) is 0 Å². The molecule has 1 aliphatic rings. The topological polar surface area (TPSA) is 92.6 Å². The van der Waals surface area contributed by atoms with Crippen LogP contribution in [-0.2, 0) is 17.0 Å². The fourth-order valence-corrected chi connectivity index (χ4v) is 4.74. The first kappa shape index (κ1) is 22.7. The van der Waals surface area contributed by atoms with Gasteiger partial charge < -0.3 is 15.4 Å². The highest BCUT2D eigenvalue weighted by atomic mass is 32.2. The Morgan fingerprint density at radius 3 is 2.89 bits per heavy atom. The molecule has 8 nitrogen and oxygen atoms in total. The molecule has 1 aromatic rings. The van der Waals surface area contributed by atoms with Crippen LogP contribution in [0, 0.1) is 17.0 Å². The molecule has 0 amide bonds. The molecule has 0 saturated carbocycles. The fraction of sp³-hybridized carbons (Fsp3) is 0.611. The number of thiazole rings is 1. The highest BCUT2D eigenvalue weighted by molar-refractivity contribution is 7.98. The Balaban J connectivity index is 1.77. The van der Waals surface area contributed by atoms with E-state index in [0.29, 0.717) is 12.4 Å². The van der Waals surface area contributed by atoms with Crippen molar-refractivity contribution in [1.82, 2.24) is 20.5 Å². The maximum Gasteiger partial charge on any atom is 0.289 e. The molecule has 156 valence electrons. The second-order valence-corrected chi connectivity index (χ2v) is 8.69. The molecular weight excluding hydrogens is 398 g/mol. The van der Waals surface area contributed by atoms with E-state index in [0.717, 1.165) is 55.1 Å². The van der Waals surface area contributed by atoms with E-state index >= 15 is 0 Å². The zero-order valence-electron chi connectivity index (χ0n) is 16.5. The van der Waals surface area contributed by atoms with Gasteiger partial charge in [-0.25, -0.2) is 4.98 Å². The van der Waals surface area contributed by atoms with Crippen LogP contribution in [0.4, 0.5) is 0 Å². The third kappa shape index (κ3) is 7.08. The van der Waals surface area contributed by atoms with Crippen molar-refractivity contribution in [3.63, 3.8) is 0 Å². The van der Waals surface area contributed by atoms with Gasteiger partial charge in [-0.2, -0.15) is 11.8 Å². The van der Waals surface area contributed by atoms with Crippen LogP contribution in [0.5, 0.6) is 0 Å². The molecule has 0 atom stereocenters. The molecule has 2 N–H and O–H groups in total. The van der Waals surface area contributed by atoms with Gasteiger partial charge in [0, 0.05) is 43.1 Å². The standard InChI is InChI=1S/C18H29N5O3S2/c1-4-5-16(23(24)25)18(19-3)20-6-11-27-13-15-14(2)28-17(21-15)12-22-7-9-26-10-8-22/h4,19-20H,1,5-13H2,2-3H3. The van der Waals surface area contributed by atoms with E-state index in [1.54, 1.807) is 30.1 Å². The van der Waals surface area contributed by atoms with Gasteiger partial charge in [0.15, 0.2) is 5.82 Å². The average molecular weight is 428 g/mol. The van der Waals surface area contributed by atoms with E-state index in [2.05, 4.69) is 29.0 Å². The van der Waals surface area contributed by atoms with Gasteiger partial charge in [-0.1, -0.05) is 6.08 Å². The molecule has 2 heterocycles. The highest BCUT2D eigenvalue weighted by Crippen LogP contribution is 2.23. The third-order valence-corrected chi connectivity index (χ3v) is 6.25. The van der Waals surface area contributed by atoms with Crippen molar-refractivity contribution in [2.45, 2.75) is 25.6 Å². The molecule has 0 bridgehead atoms. The van der Waals surface area contributed by atoms with Gasteiger partial charge in [0.1, 0.15) is 5.01 Å². The molecule has 2 rings (SSSR count). The van der Waals surface area contributed by atoms with Crippen molar-refractivity contribution in [3.8, 4) is 0 Å². The van der Waals surface area contributed by atoms with Crippen LogP contribution in [0.3, 0.4) is 0 Å². The summed E-state index contributed by atoms with van der Waals surface area (Å²) in [4.78, 5) is 19.2. The molecule has 1 saturated heterocycles. The van der Waals surface area contributed by atoms with Crippen molar-refractivity contribution in [2.75, 3.05) is 45.6 Å². The van der Waals surface area contributed by atoms with E-state index in [1.165, 1.54) is 11.0 Å². The lowest BCUT2D eigenvalue weighted by Crippen LogP contribution is -2.35. The minimum atomic E-state index is -0.373. The monoisotopic (exact) mass is 427 g/mol. The van der Waals surface area contributed by atoms with Crippen LogP contribution >= 0.6 is 23.1 Å². The summed E-state index contributed by atoms with van der Waals surface area (Å²) in [6.07, 6.45) is 1.75. The number of nitrogens with one attached hydrogen (secondary N) is 2. The Bertz CT molecular complexity index is 687. The Labute approximate surface area is 174 Å². The second kappa shape index (κ2) is 12.1. The maximum atomic E-state index is 11.1. The van der Waals surface area contributed by atoms with Gasteiger partial charge in [0.25, 0.3) is 5.70 Å². The Kier molecular flexibility index (Phi) is 9.76. The van der Waals surface area contributed by atoms with Gasteiger partial charge in [0.05, 0.1) is 36.8 Å². The number of hydrogen-bond acceptors (Lipinski definition) is 9. The highest BCUT2D eigenvalue weighted by Gasteiger charge is 2.16. The SMILES string of the molecule is C=CCC(=C(NC)NCCSCc1nc(CN2CCOCC2)sc1C)[N+](=O)[O-]. The van der Waals surface area contributed by atoms with Crippen LogP contribution in [0.2, 0.25) is 0 Å². The largest absolute Gasteiger partial charge is 0.379 e. The molecule has 10 heteroatoms. The molecule has 1 fully saturated rings. The van der Waals surface area contributed by atoms with Crippen molar-refractivity contribution in [1.29, 1.82) is 0 Å². The van der Waals surface area contributed by atoms with Gasteiger partial charge in [-0.15, -0.1) is 17.9 Å². The van der Waals surface area contributed by atoms with Crippen LogP contribution in [-0.4, -0.2) is 60.5 Å². The molecule has 1 aromatic heterocycles. The lowest BCUT2D eigenvalue weighted by molar-refractivity contribution is -0.428. The average Bonchev–Trinajstić information content (AvgIpc) is 3.03. The van der Waals surface area contributed by atoms with E-state index in [9.17, 15) is 10.1 Å². The number of nitrogens with zero attached hydrogens (tertiary/aromatic N) is 3. The van der Waals surface area contributed by atoms with E-state index in [4.69, 9.17) is 9.72 Å². The van der Waals surface area contributed by atoms with Gasteiger partial charge >= 0.3 is 0 Å². The molecular formula is C18H29N5O3S2. The minimum absolute atomic E-state index is 0.102. The van der Waals surface area contributed by atoms with Crippen LogP contribution in [0.15, 0.2) is 24.2 Å². The van der Waals surface area contributed by atoms with E-state index in [1.807, 2.05) is 0 Å². The molecule has 1 aliphatic heterocycles. The van der Waals surface area contributed by atoms with Crippen LogP contribution in [0.1, 0.15) is 22.0 Å². The lowest BCUT2D eigenvalue weighted by atomic mass is 10.3. The molecule has 0 aliphatic carbocycles. The Morgan fingerprint density at radius 2 is 2.25 bits per heavy atom. The number of morpholine rings is 1. The van der Waals surface area contributed by atoms with Crippen molar-refractivity contribution < 1.29 is 9.66 Å². The summed E-state index contributed by atoms with van der Waals surface area (Å²) in [6.45, 7) is 10.8. The summed E-state index contributed by atoms with van der Waals surface area (Å²) in [6, 6.07) is 0. The maximum absolute atomic E-state index is 11.1. The first-order valence-electron chi connectivity index (χ1n) is 9.28. The number of hydrogen-bond donors (Lipinski definition) is 2.